The Kier molecular flexibility index (Phi) is 4.28. The van der Waals surface area contributed by atoms with E-state index in [-0.39, 0.29) is 11.2 Å². The van der Waals surface area contributed by atoms with E-state index in [4.69, 9.17) is 5.73 Å². The molecule has 1 aromatic carbocycles. The molecule has 1 atom stereocenters. The summed E-state index contributed by atoms with van der Waals surface area (Å²) in [7, 11) is 0. The second-order valence-electron chi connectivity index (χ2n) is 3.81. The van der Waals surface area contributed by atoms with Crippen molar-refractivity contribution in [3.8, 4) is 0 Å². The fourth-order valence-corrected chi connectivity index (χ4v) is 3.36. The number of nitrogens with one attached hydrogen (secondary N) is 1. The third kappa shape index (κ3) is 3.51. The van der Waals surface area contributed by atoms with Gasteiger partial charge in [0.2, 0.25) is 5.91 Å². The fraction of sp³-hybridized carbons (Fsp3) is 0.154. The Balaban J connectivity index is 1.95. The van der Waals surface area contributed by atoms with Crippen molar-refractivity contribution in [2.75, 3.05) is 11.1 Å². The number of hydrogen-bond acceptors (Lipinski definition) is 4. The van der Waals surface area contributed by atoms with Crippen LogP contribution in [0.15, 0.2) is 46.0 Å². The summed E-state index contributed by atoms with van der Waals surface area (Å²) < 4.78 is 1.14. The lowest BCUT2D eigenvalue weighted by molar-refractivity contribution is -0.115. The third-order valence-corrected chi connectivity index (χ3v) is 4.49. The van der Waals surface area contributed by atoms with E-state index in [2.05, 4.69) is 5.32 Å². The molecule has 0 aliphatic heterocycles. The van der Waals surface area contributed by atoms with Crippen LogP contribution in [0, 0.1) is 0 Å². The molecule has 2 aromatic rings. The number of carbonyl (C=O) groups is 1. The minimum atomic E-state index is -0.134. The number of benzene rings is 1. The van der Waals surface area contributed by atoms with Gasteiger partial charge in [0, 0.05) is 11.4 Å². The van der Waals surface area contributed by atoms with E-state index in [0.717, 1.165) is 9.90 Å². The third-order valence-electron chi connectivity index (χ3n) is 2.31. The molecule has 1 aromatic heterocycles. The molecule has 1 unspecified atom stereocenters. The first kappa shape index (κ1) is 13.0. The van der Waals surface area contributed by atoms with Crippen molar-refractivity contribution in [2.45, 2.75) is 16.4 Å². The van der Waals surface area contributed by atoms with E-state index in [9.17, 15) is 4.79 Å². The molecule has 0 saturated carbocycles. The van der Waals surface area contributed by atoms with Gasteiger partial charge < -0.3 is 11.1 Å². The minimum absolute atomic E-state index is 0.0148. The van der Waals surface area contributed by atoms with Gasteiger partial charge >= 0.3 is 0 Å². The number of thiophene rings is 1. The zero-order valence-electron chi connectivity index (χ0n) is 9.92. The predicted octanol–water partition coefficient (Wildman–Crippen LogP) is 3.45. The fourth-order valence-electron chi connectivity index (χ4n) is 1.42. The number of thioether (sulfide) groups is 1. The van der Waals surface area contributed by atoms with Gasteiger partial charge in [-0.3, -0.25) is 4.79 Å². The lowest BCUT2D eigenvalue weighted by Gasteiger charge is -2.11. The van der Waals surface area contributed by atoms with Crippen LogP contribution in [0.4, 0.5) is 11.4 Å². The molecular weight excluding hydrogens is 264 g/mol. The van der Waals surface area contributed by atoms with Crippen LogP contribution in [0.2, 0.25) is 0 Å². The zero-order chi connectivity index (χ0) is 13.0. The van der Waals surface area contributed by atoms with E-state index in [1.807, 2.05) is 36.6 Å². The normalized spacial score (nSPS) is 12.1. The van der Waals surface area contributed by atoms with Crippen molar-refractivity contribution < 1.29 is 4.79 Å². The molecule has 0 fully saturated rings. The molecule has 3 N–H and O–H groups in total. The van der Waals surface area contributed by atoms with Gasteiger partial charge in [-0.05, 0) is 36.6 Å². The highest BCUT2D eigenvalue weighted by atomic mass is 32.2. The summed E-state index contributed by atoms with van der Waals surface area (Å²) in [6.45, 7) is 1.89. The smallest absolute Gasteiger partial charge is 0.237 e. The van der Waals surface area contributed by atoms with Gasteiger partial charge in [-0.25, -0.2) is 0 Å². The van der Waals surface area contributed by atoms with E-state index < -0.39 is 0 Å². The van der Waals surface area contributed by atoms with Crippen LogP contribution in [-0.2, 0) is 4.79 Å². The highest BCUT2D eigenvalue weighted by Crippen LogP contribution is 2.28. The molecule has 1 amide bonds. The molecule has 18 heavy (non-hydrogen) atoms. The molecule has 0 saturated heterocycles. The molecule has 3 nitrogen and oxygen atoms in total. The van der Waals surface area contributed by atoms with Gasteiger partial charge in [-0.15, -0.1) is 23.1 Å². The molecule has 94 valence electrons. The van der Waals surface area contributed by atoms with Gasteiger partial charge in [-0.1, -0.05) is 12.1 Å². The monoisotopic (exact) mass is 278 g/mol. The van der Waals surface area contributed by atoms with Crippen molar-refractivity contribution in [3.63, 3.8) is 0 Å². The van der Waals surface area contributed by atoms with Crippen LogP contribution in [0.3, 0.4) is 0 Å². The van der Waals surface area contributed by atoms with Crippen LogP contribution >= 0.6 is 23.1 Å². The van der Waals surface area contributed by atoms with Gasteiger partial charge in [-0.2, -0.15) is 0 Å². The van der Waals surface area contributed by atoms with Crippen LogP contribution in [0.1, 0.15) is 6.92 Å². The Morgan fingerprint density at radius 1 is 1.39 bits per heavy atom. The van der Waals surface area contributed by atoms with Crippen LogP contribution in [0.5, 0.6) is 0 Å². The van der Waals surface area contributed by atoms with Gasteiger partial charge in [0.15, 0.2) is 0 Å². The number of anilines is 2. The van der Waals surface area contributed by atoms with Crippen molar-refractivity contribution in [1.29, 1.82) is 0 Å². The molecule has 0 bridgehead atoms. The topological polar surface area (TPSA) is 55.1 Å². The van der Waals surface area contributed by atoms with E-state index in [1.165, 1.54) is 0 Å². The second-order valence-corrected chi connectivity index (χ2v) is 6.40. The quantitative estimate of drug-likeness (QED) is 0.665. The molecule has 0 aliphatic carbocycles. The van der Waals surface area contributed by atoms with Crippen LogP contribution in [0.25, 0.3) is 0 Å². The largest absolute Gasteiger partial charge is 0.399 e. The number of nitrogens with two attached hydrogens (primary N) is 1. The summed E-state index contributed by atoms with van der Waals surface area (Å²) in [5.74, 6) is -0.0148. The average Bonchev–Trinajstić information content (AvgIpc) is 2.81. The predicted molar refractivity (Wildman–Crippen MR) is 79.1 cm³/mol. The molecule has 5 heteroatoms. The van der Waals surface area contributed by atoms with Crippen LogP contribution < -0.4 is 11.1 Å². The van der Waals surface area contributed by atoms with E-state index >= 15 is 0 Å². The van der Waals surface area contributed by atoms with Gasteiger partial charge in [0.1, 0.15) is 0 Å². The lowest BCUT2D eigenvalue weighted by Crippen LogP contribution is -2.22. The number of amides is 1. The number of nitrogen functional groups attached to an aromatic ring is 1. The first-order valence-corrected chi connectivity index (χ1v) is 7.27. The summed E-state index contributed by atoms with van der Waals surface area (Å²) in [6, 6.07) is 11.2. The summed E-state index contributed by atoms with van der Waals surface area (Å²) >= 11 is 3.20. The second kappa shape index (κ2) is 5.93. The molecule has 0 aliphatic rings. The van der Waals surface area contributed by atoms with E-state index in [1.54, 1.807) is 35.2 Å². The first-order valence-electron chi connectivity index (χ1n) is 5.52. The maximum atomic E-state index is 12.0. The van der Waals surface area contributed by atoms with Crippen molar-refractivity contribution in [3.05, 3.63) is 41.8 Å². The van der Waals surface area contributed by atoms with Gasteiger partial charge in [0.05, 0.1) is 9.46 Å². The Morgan fingerprint density at radius 3 is 2.89 bits per heavy atom. The number of carbonyl (C=O) groups excluding carboxylic acids is 1. The highest BCUT2D eigenvalue weighted by molar-refractivity contribution is 8.02. The lowest BCUT2D eigenvalue weighted by atomic mass is 10.3. The molecule has 0 spiro atoms. The first-order chi connectivity index (χ1) is 8.65. The average molecular weight is 278 g/mol. The maximum Gasteiger partial charge on any atom is 0.237 e. The molecule has 1 heterocycles. The summed E-state index contributed by atoms with van der Waals surface area (Å²) in [6.07, 6.45) is 0. The van der Waals surface area contributed by atoms with Gasteiger partial charge in [0.25, 0.3) is 0 Å². The van der Waals surface area contributed by atoms with E-state index in [0.29, 0.717) is 5.69 Å². The Hall–Kier alpha value is -1.46. The SMILES string of the molecule is CC(Sc1cccs1)C(=O)Nc1cccc(N)c1. The molecular formula is C13H14N2OS2. The Morgan fingerprint density at radius 2 is 2.22 bits per heavy atom. The summed E-state index contributed by atoms with van der Waals surface area (Å²) in [4.78, 5) is 12.0. The van der Waals surface area contributed by atoms with Crippen LogP contribution in [-0.4, -0.2) is 11.2 Å². The summed E-state index contributed by atoms with van der Waals surface area (Å²) in [5.41, 5.74) is 7.04. The molecule has 2 rings (SSSR count). The Bertz CT molecular complexity index is 526. The Labute approximate surface area is 114 Å². The maximum absolute atomic E-state index is 12.0. The molecule has 0 radical (unpaired) electrons. The summed E-state index contributed by atoms with van der Waals surface area (Å²) in [5, 5.41) is 4.73. The standard InChI is InChI=1S/C13H14N2OS2/c1-9(18-12-6-3-7-17-12)13(16)15-11-5-2-4-10(14)8-11/h2-9H,14H2,1H3,(H,15,16). The highest BCUT2D eigenvalue weighted by Gasteiger charge is 2.14. The zero-order valence-corrected chi connectivity index (χ0v) is 11.6. The number of hydrogen-bond donors (Lipinski definition) is 2. The van der Waals surface area contributed by atoms with Crippen molar-refractivity contribution in [1.82, 2.24) is 0 Å². The van der Waals surface area contributed by atoms with Crippen molar-refractivity contribution in [2.24, 2.45) is 0 Å². The number of rotatable bonds is 4. The minimum Gasteiger partial charge on any atom is -0.399 e. The van der Waals surface area contributed by atoms with Crippen molar-refractivity contribution >= 4 is 40.4 Å².